The molecule has 132 valence electrons. The highest BCUT2D eigenvalue weighted by Crippen LogP contribution is 2.59. The molecule has 0 radical (unpaired) electrons. The summed E-state index contributed by atoms with van der Waals surface area (Å²) >= 11 is 0. The summed E-state index contributed by atoms with van der Waals surface area (Å²) < 4.78 is 5.81. The second-order valence-electron chi connectivity index (χ2n) is 7.58. The third-order valence-corrected chi connectivity index (χ3v) is 5.85. The van der Waals surface area contributed by atoms with Gasteiger partial charge in [0, 0.05) is 19.5 Å². The Bertz CT molecular complexity index is 593. The Balaban J connectivity index is 1.39. The van der Waals surface area contributed by atoms with Gasteiger partial charge in [0.05, 0.1) is 6.61 Å². The summed E-state index contributed by atoms with van der Waals surface area (Å²) in [7, 11) is 1.94. The monoisotopic (exact) mass is 330 g/mol. The van der Waals surface area contributed by atoms with Crippen molar-refractivity contribution in [3.63, 3.8) is 0 Å². The number of benzene rings is 1. The van der Waals surface area contributed by atoms with E-state index in [9.17, 15) is 4.79 Å². The molecule has 1 saturated heterocycles. The van der Waals surface area contributed by atoms with Gasteiger partial charge >= 0.3 is 0 Å². The van der Waals surface area contributed by atoms with E-state index in [4.69, 9.17) is 4.74 Å². The Morgan fingerprint density at radius 2 is 2.04 bits per heavy atom. The lowest BCUT2D eigenvalue weighted by Gasteiger charge is -2.25. The first kappa shape index (κ1) is 17.3. The van der Waals surface area contributed by atoms with E-state index in [1.165, 1.54) is 11.1 Å². The van der Waals surface area contributed by atoms with Crippen molar-refractivity contribution < 1.29 is 9.53 Å². The van der Waals surface area contributed by atoms with Gasteiger partial charge in [-0.1, -0.05) is 6.07 Å². The van der Waals surface area contributed by atoms with Gasteiger partial charge in [-0.15, -0.1) is 0 Å². The molecule has 1 atom stereocenters. The SMILES string of the molecule is Cc1ccc(OCCCN(C)C(=O)C2CC23CCNCC3)cc1C. The van der Waals surface area contributed by atoms with Crippen molar-refractivity contribution in [1.82, 2.24) is 10.2 Å². The average molecular weight is 330 g/mol. The summed E-state index contributed by atoms with van der Waals surface area (Å²) in [5, 5.41) is 3.39. The van der Waals surface area contributed by atoms with Crippen LogP contribution in [0, 0.1) is 25.2 Å². The van der Waals surface area contributed by atoms with E-state index in [1.807, 2.05) is 18.0 Å². The van der Waals surface area contributed by atoms with Crippen LogP contribution in [0.1, 0.15) is 36.8 Å². The quantitative estimate of drug-likeness (QED) is 0.816. The van der Waals surface area contributed by atoms with Gasteiger partial charge in [0.1, 0.15) is 5.75 Å². The second kappa shape index (κ2) is 7.14. The predicted molar refractivity (Wildman–Crippen MR) is 96.3 cm³/mol. The van der Waals surface area contributed by atoms with Gasteiger partial charge in [-0.2, -0.15) is 0 Å². The molecule has 2 fully saturated rings. The van der Waals surface area contributed by atoms with Crippen LogP contribution in [0.5, 0.6) is 5.75 Å². The molecule has 2 aliphatic rings. The maximum Gasteiger partial charge on any atom is 0.226 e. The number of amides is 1. The van der Waals surface area contributed by atoms with E-state index < -0.39 is 0 Å². The minimum Gasteiger partial charge on any atom is -0.494 e. The zero-order chi connectivity index (χ0) is 17.2. The van der Waals surface area contributed by atoms with E-state index >= 15 is 0 Å². The number of nitrogens with zero attached hydrogens (tertiary/aromatic N) is 1. The van der Waals surface area contributed by atoms with Gasteiger partial charge in [-0.05, 0) is 81.3 Å². The third kappa shape index (κ3) is 3.75. The van der Waals surface area contributed by atoms with Gasteiger partial charge < -0.3 is 15.0 Å². The number of ether oxygens (including phenoxy) is 1. The number of hydrogen-bond acceptors (Lipinski definition) is 3. The van der Waals surface area contributed by atoms with Crippen LogP contribution < -0.4 is 10.1 Å². The molecule has 4 nitrogen and oxygen atoms in total. The summed E-state index contributed by atoms with van der Waals surface area (Å²) in [5.41, 5.74) is 2.86. The van der Waals surface area contributed by atoms with Gasteiger partial charge in [-0.3, -0.25) is 4.79 Å². The molecule has 1 heterocycles. The number of rotatable bonds is 6. The first-order chi connectivity index (χ1) is 11.5. The second-order valence-corrected chi connectivity index (χ2v) is 7.58. The van der Waals surface area contributed by atoms with Crippen LogP contribution in [0.4, 0.5) is 0 Å². The Morgan fingerprint density at radius 1 is 1.29 bits per heavy atom. The molecule has 1 aromatic carbocycles. The van der Waals surface area contributed by atoms with Crippen molar-refractivity contribution in [3.8, 4) is 5.75 Å². The number of aryl methyl sites for hydroxylation is 2. The zero-order valence-corrected chi connectivity index (χ0v) is 15.2. The first-order valence-electron chi connectivity index (χ1n) is 9.18. The lowest BCUT2D eigenvalue weighted by molar-refractivity contribution is -0.132. The van der Waals surface area contributed by atoms with Crippen LogP contribution in [0.25, 0.3) is 0 Å². The van der Waals surface area contributed by atoms with Crippen LogP contribution >= 0.6 is 0 Å². The highest BCUT2D eigenvalue weighted by Gasteiger charge is 2.58. The van der Waals surface area contributed by atoms with E-state index in [1.54, 1.807) is 0 Å². The molecule has 1 aliphatic heterocycles. The van der Waals surface area contributed by atoms with E-state index in [0.29, 0.717) is 17.9 Å². The fraction of sp³-hybridized carbons (Fsp3) is 0.650. The molecule has 1 unspecified atom stereocenters. The summed E-state index contributed by atoms with van der Waals surface area (Å²) in [4.78, 5) is 14.5. The van der Waals surface area contributed by atoms with Crippen LogP contribution in [0.3, 0.4) is 0 Å². The minimum absolute atomic E-state index is 0.269. The summed E-state index contributed by atoms with van der Waals surface area (Å²) in [5.74, 6) is 1.52. The van der Waals surface area contributed by atoms with Gasteiger partial charge in [-0.25, -0.2) is 0 Å². The molecule has 1 N–H and O–H groups in total. The standard InChI is InChI=1S/C20H30N2O2/c1-15-5-6-17(13-16(15)2)24-12-4-11-22(3)19(23)18-14-20(18)7-9-21-10-8-20/h5-6,13,18,21H,4,7-12,14H2,1-3H3. The molecular formula is C20H30N2O2. The molecule has 24 heavy (non-hydrogen) atoms. The fourth-order valence-corrected chi connectivity index (χ4v) is 3.85. The molecule has 1 aliphatic carbocycles. The van der Waals surface area contributed by atoms with Crippen molar-refractivity contribution in [2.45, 2.75) is 39.5 Å². The van der Waals surface area contributed by atoms with Crippen molar-refractivity contribution in [2.24, 2.45) is 11.3 Å². The maximum atomic E-state index is 12.6. The lowest BCUT2D eigenvalue weighted by atomic mass is 9.91. The van der Waals surface area contributed by atoms with Crippen LogP contribution in [-0.2, 0) is 4.79 Å². The van der Waals surface area contributed by atoms with Crippen LogP contribution in [0.15, 0.2) is 18.2 Å². The molecular weight excluding hydrogens is 300 g/mol. The molecule has 0 bridgehead atoms. The van der Waals surface area contributed by atoms with Crippen molar-refractivity contribution in [3.05, 3.63) is 29.3 Å². The fourth-order valence-electron chi connectivity index (χ4n) is 3.85. The summed E-state index contributed by atoms with van der Waals surface area (Å²) in [6.07, 6.45) is 4.29. The Hall–Kier alpha value is -1.55. The molecule has 0 aromatic heterocycles. The molecule has 1 amide bonds. The maximum absolute atomic E-state index is 12.6. The summed E-state index contributed by atoms with van der Waals surface area (Å²) in [6, 6.07) is 6.18. The molecule has 4 heteroatoms. The van der Waals surface area contributed by atoms with Crippen LogP contribution in [-0.4, -0.2) is 44.1 Å². The topological polar surface area (TPSA) is 41.6 Å². The van der Waals surface area contributed by atoms with Crippen LogP contribution in [0.2, 0.25) is 0 Å². The number of carbonyl (C=O) groups is 1. The normalized spacial score (nSPS) is 21.5. The van der Waals surface area contributed by atoms with Crippen molar-refractivity contribution in [1.29, 1.82) is 0 Å². The van der Waals surface area contributed by atoms with Gasteiger partial charge in [0.15, 0.2) is 0 Å². The lowest BCUT2D eigenvalue weighted by Crippen LogP contribution is -2.35. The minimum atomic E-state index is 0.269. The van der Waals surface area contributed by atoms with E-state index in [2.05, 4.69) is 31.3 Å². The Morgan fingerprint density at radius 3 is 2.75 bits per heavy atom. The number of piperidine rings is 1. The number of hydrogen-bond donors (Lipinski definition) is 1. The highest BCUT2D eigenvalue weighted by molar-refractivity contribution is 5.82. The zero-order valence-electron chi connectivity index (χ0n) is 15.2. The Labute approximate surface area is 145 Å². The highest BCUT2D eigenvalue weighted by atomic mass is 16.5. The average Bonchev–Trinajstić information content (AvgIpc) is 3.27. The Kier molecular flexibility index (Phi) is 5.14. The third-order valence-electron chi connectivity index (χ3n) is 5.85. The predicted octanol–water partition coefficient (Wildman–Crippen LogP) is 2.92. The van der Waals surface area contributed by atoms with E-state index in [-0.39, 0.29) is 5.92 Å². The first-order valence-corrected chi connectivity index (χ1v) is 9.18. The smallest absolute Gasteiger partial charge is 0.226 e. The molecule has 1 aromatic rings. The largest absolute Gasteiger partial charge is 0.494 e. The molecule has 1 spiro atoms. The van der Waals surface area contributed by atoms with E-state index in [0.717, 1.165) is 51.1 Å². The molecule has 1 saturated carbocycles. The number of carbonyl (C=O) groups excluding carboxylic acids is 1. The van der Waals surface area contributed by atoms with Gasteiger partial charge in [0.25, 0.3) is 0 Å². The van der Waals surface area contributed by atoms with Crippen molar-refractivity contribution >= 4 is 5.91 Å². The van der Waals surface area contributed by atoms with Gasteiger partial charge in [0.2, 0.25) is 5.91 Å². The molecule has 3 rings (SSSR count). The summed E-state index contributed by atoms with van der Waals surface area (Å²) in [6.45, 7) is 7.76. The van der Waals surface area contributed by atoms with Crippen molar-refractivity contribution in [2.75, 3.05) is 33.3 Å². The number of nitrogens with one attached hydrogen (secondary N) is 1.